The normalized spacial score (nSPS) is 10.4. The molecular weight excluding hydrogens is 214 g/mol. The summed E-state index contributed by atoms with van der Waals surface area (Å²) >= 11 is 0. The molecule has 0 aliphatic carbocycles. The molecule has 3 nitrogen and oxygen atoms in total. The summed E-state index contributed by atoms with van der Waals surface area (Å²) in [5.41, 5.74) is 0. The molecule has 0 aliphatic heterocycles. The van der Waals surface area contributed by atoms with Crippen LogP contribution in [-0.2, 0) is 4.74 Å². The lowest BCUT2D eigenvalue weighted by atomic mass is 10.2. The monoisotopic (exact) mass is 241 g/mol. The Balaban J connectivity index is 3.71. The van der Waals surface area contributed by atoms with Gasteiger partial charge in [0.25, 0.3) is 0 Å². The topological polar surface area (TPSA) is 32.7 Å². The zero-order valence-corrected chi connectivity index (χ0v) is 11.4. The first-order valence-corrected chi connectivity index (χ1v) is 6.71. The number of ether oxygens (including phenoxy) is 1. The third-order valence-corrected chi connectivity index (χ3v) is 2.49. The lowest BCUT2D eigenvalue weighted by Crippen LogP contribution is -2.26. The highest BCUT2D eigenvalue weighted by atomic mass is 16.5. The second-order valence-electron chi connectivity index (χ2n) is 4.11. The van der Waals surface area contributed by atoms with E-state index in [1.807, 2.05) is 0 Å². The first-order valence-electron chi connectivity index (χ1n) is 6.71. The van der Waals surface area contributed by atoms with Gasteiger partial charge in [0, 0.05) is 0 Å². The minimum atomic E-state index is 0.0702. The molecule has 0 aliphatic rings. The van der Waals surface area contributed by atoms with Gasteiger partial charge in [-0.15, -0.1) is 0 Å². The fourth-order valence-electron chi connectivity index (χ4n) is 1.44. The van der Waals surface area contributed by atoms with Gasteiger partial charge in [0.1, 0.15) is 6.61 Å². The predicted octanol–water partition coefficient (Wildman–Crippen LogP) is 1.90. The molecule has 0 aromatic carbocycles. The highest BCUT2D eigenvalue weighted by molar-refractivity contribution is 5.01. The molecule has 3 heteroatoms. The zero-order chi connectivity index (χ0) is 12.8. The summed E-state index contributed by atoms with van der Waals surface area (Å²) in [5, 5.41) is 8.52. The van der Waals surface area contributed by atoms with Crippen LogP contribution in [0.1, 0.15) is 39.5 Å². The maximum atomic E-state index is 8.52. The van der Waals surface area contributed by atoms with Gasteiger partial charge in [-0.3, -0.25) is 4.90 Å². The average molecular weight is 241 g/mol. The number of hydrogen-bond acceptors (Lipinski definition) is 3. The summed E-state index contributed by atoms with van der Waals surface area (Å²) < 4.78 is 5.08. The summed E-state index contributed by atoms with van der Waals surface area (Å²) in [6.07, 6.45) is 4.95. The van der Waals surface area contributed by atoms with E-state index in [-0.39, 0.29) is 6.61 Å². The molecule has 0 spiro atoms. The van der Waals surface area contributed by atoms with E-state index in [1.165, 1.54) is 25.7 Å². The Labute approximate surface area is 106 Å². The number of nitrogens with zero attached hydrogens (tertiary/aromatic N) is 1. The lowest BCUT2D eigenvalue weighted by Gasteiger charge is -2.18. The fourth-order valence-corrected chi connectivity index (χ4v) is 1.44. The maximum Gasteiger partial charge on any atom is 0.107 e. The SMILES string of the molecule is CCCCN(CC#CCOCCO)CCCC. The Hall–Kier alpha value is -0.560. The molecule has 0 saturated carbocycles. The lowest BCUT2D eigenvalue weighted by molar-refractivity contribution is 0.115. The first-order chi connectivity index (χ1) is 8.35. The average Bonchev–Trinajstić information content (AvgIpc) is 2.35. The molecule has 0 radical (unpaired) electrons. The van der Waals surface area contributed by atoms with Crippen molar-refractivity contribution in [3.05, 3.63) is 0 Å². The molecule has 100 valence electrons. The molecule has 0 amide bonds. The maximum absolute atomic E-state index is 8.52. The van der Waals surface area contributed by atoms with Crippen LogP contribution in [-0.4, -0.2) is 49.5 Å². The van der Waals surface area contributed by atoms with E-state index in [1.54, 1.807) is 0 Å². The summed E-state index contributed by atoms with van der Waals surface area (Å²) in [7, 11) is 0. The molecule has 0 aromatic heterocycles. The molecule has 0 rings (SSSR count). The largest absolute Gasteiger partial charge is 0.394 e. The van der Waals surface area contributed by atoms with Crippen LogP contribution in [0.4, 0.5) is 0 Å². The van der Waals surface area contributed by atoms with Gasteiger partial charge in [-0.1, -0.05) is 38.5 Å². The molecule has 0 saturated heterocycles. The van der Waals surface area contributed by atoms with E-state index in [2.05, 4.69) is 30.6 Å². The Morgan fingerprint density at radius 3 is 2.24 bits per heavy atom. The third-order valence-electron chi connectivity index (χ3n) is 2.49. The van der Waals surface area contributed by atoms with Crippen LogP contribution in [0.3, 0.4) is 0 Å². The molecule has 0 fully saturated rings. The van der Waals surface area contributed by atoms with Gasteiger partial charge in [0.05, 0.1) is 19.8 Å². The first kappa shape index (κ1) is 16.4. The molecule has 1 N–H and O–H groups in total. The van der Waals surface area contributed by atoms with Crippen LogP contribution >= 0.6 is 0 Å². The van der Waals surface area contributed by atoms with E-state index in [4.69, 9.17) is 9.84 Å². The second kappa shape index (κ2) is 13.5. The smallest absolute Gasteiger partial charge is 0.107 e. The number of hydrogen-bond donors (Lipinski definition) is 1. The van der Waals surface area contributed by atoms with Crippen LogP contribution in [0.2, 0.25) is 0 Å². The van der Waals surface area contributed by atoms with Gasteiger partial charge < -0.3 is 9.84 Å². The van der Waals surface area contributed by atoms with Crippen molar-refractivity contribution in [1.82, 2.24) is 4.90 Å². The third kappa shape index (κ3) is 11.7. The Kier molecular flexibility index (Phi) is 13.1. The van der Waals surface area contributed by atoms with Crippen LogP contribution < -0.4 is 0 Å². The summed E-state index contributed by atoms with van der Waals surface area (Å²) in [5.74, 6) is 6.11. The van der Waals surface area contributed by atoms with E-state index >= 15 is 0 Å². The fraction of sp³-hybridized carbons (Fsp3) is 0.857. The Morgan fingerprint density at radius 2 is 1.71 bits per heavy atom. The van der Waals surface area contributed by atoms with Gasteiger partial charge in [0.2, 0.25) is 0 Å². The molecule has 0 bridgehead atoms. The zero-order valence-electron chi connectivity index (χ0n) is 11.4. The van der Waals surface area contributed by atoms with Crippen molar-refractivity contribution in [2.75, 3.05) is 39.5 Å². The van der Waals surface area contributed by atoms with Crippen molar-refractivity contribution in [2.45, 2.75) is 39.5 Å². The van der Waals surface area contributed by atoms with Crippen molar-refractivity contribution in [3.63, 3.8) is 0 Å². The van der Waals surface area contributed by atoms with Crippen molar-refractivity contribution in [2.24, 2.45) is 0 Å². The standard InChI is InChI=1S/C14H27NO2/c1-3-5-9-15(10-6-4-2)11-7-8-13-17-14-12-16/h16H,3-6,9-14H2,1-2H3. The van der Waals surface area contributed by atoms with Gasteiger partial charge in [-0.05, 0) is 25.9 Å². The van der Waals surface area contributed by atoms with Crippen LogP contribution in [0.5, 0.6) is 0 Å². The van der Waals surface area contributed by atoms with E-state index in [0.717, 1.165) is 19.6 Å². The highest BCUT2D eigenvalue weighted by Gasteiger charge is 2.00. The van der Waals surface area contributed by atoms with Gasteiger partial charge in [0.15, 0.2) is 0 Å². The van der Waals surface area contributed by atoms with Crippen molar-refractivity contribution < 1.29 is 9.84 Å². The van der Waals surface area contributed by atoms with Crippen LogP contribution in [0.15, 0.2) is 0 Å². The number of rotatable bonds is 10. The molecule has 0 atom stereocenters. The number of aliphatic hydroxyl groups excluding tert-OH is 1. The van der Waals surface area contributed by atoms with Crippen LogP contribution in [0.25, 0.3) is 0 Å². The predicted molar refractivity (Wildman–Crippen MR) is 71.9 cm³/mol. The minimum absolute atomic E-state index is 0.0702. The molecular formula is C14H27NO2. The van der Waals surface area contributed by atoms with Gasteiger partial charge >= 0.3 is 0 Å². The quantitative estimate of drug-likeness (QED) is 0.468. The van der Waals surface area contributed by atoms with Crippen molar-refractivity contribution in [1.29, 1.82) is 0 Å². The Morgan fingerprint density at radius 1 is 1.06 bits per heavy atom. The number of unbranched alkanes of at least 4 members (excludes halogenated alkanes) is 2. The number of aliphatic hydroxyl groups is 1. The van der Waals surface area contributed by atoms with Crippen molar-refractivity contribution in [3.8, 4) is 11.8 Å². The van der Waals surface area contributed by atoms with Gasteiger partial charge in [-0.25, -0.2) is 0 Å². The van der Waals surface area contributed by atoms with E-state index < -0.39 is 0 Å². The Bertz CT molecular complexity index is 200. The molecule has 0 heterocycles. The van der Waals surface area contributed by atoms with Crippen molar-refractivity contribution >= 4 is 0 Å². The minimum Gasteiger partial charge on any atom is -0.394 e. The molecule has 0 aromatic rings. The summed E-state index contributed by atoms with van der Waals surface area (Å²) in [4.78, 5) is 2.41. The second-order valence-corrected chi connectivity index (χ2v) is 4.11. The van der Waals surface area contributed by atoms with E-state index in [0.29, 0.717) is 13.2 Å². The van der Waals surface area contributed by atoms with Gasteiger partial charge in [-0.2, -0.15) is 0 Å². The summed E-state index contributed by atoms with van der Waals surface area (Å²) in [6, 6.07) is 0. The highest BCUT2D eigenvalue weighted by Crippen LogP contribution is 1.98. The van der Waals surface area contributed by atoms with Crippen LogP contribution in [0, 0.1) is 11.8 Å². The molecule has 17 heavy (non-hydrogen) atoms. The van der Waals surface area contributed by atoms with E-state index in [9.17, 15) is 0 Å². The summed E-state index contributed by atoms with van der Waals surface area (Å²) in [6.45, 7) is 8.42. The molecule has 0 unspecified atom stereocenters.